The molecule has 33 heavy (non-hydrogen) atoms. The number of rotatable bonds is 8. The highest BCUT2D eigenvalue weighted by Crippen LogP contribution is 2.40. The minimum absolute atomic E-state index is 0.0646. The Morgan fingerprint density at radius 3 is 2.42 bits per heavy atom. The molecule has 170 valence electrons. The molecule has 3 rings (SSSR count). The van der Waals surface area contributed by atoms with Gasteiger partial charge in [-0.1, -0.05) is 0 Å². The molecular formula is C22H21F2N7O2. The molecule has 0 amide bonds. The second-order valence-corrected chi connectivity index (χ2v) is 6.77. The second-order valence-electron chi connectivity index (χ2n) is 6.77. The summed E-state index contributed by atoms with van der Waals surface area (Å²) in [4.78, 5) is 13.9. The van der Waals surface area contributed by atoms with Crippen LogP contribution >= 0.6 is 0 Å². The van der Waals surface area contributed by atoms with E-state index >= 15 is 8.78 Å². The molecule has 0 atom stereocenters. The predicted octanol–water partition coefficient (Wildman–Crippen LogP) is 4.24. The van der Waals surface area contributed by atoms with E-state index in [2.05, 4.69) is 26.8 Å². The van der Waals surface area contributed by atoms with Crippen LogP contribution in [0.4, 0.5) is 31.8 Å². The highest BCUT2D eigenvalue weighted by atomic mass is 19.1. The maximum absolute atomic E-state index is 15.1. The van der Waals surface area contributed by atoms with Crippen molar-refractivity contribution in [3.8, 4) is 17.6 Å². The molecule has 0 aliphatic carbocycles. The van der Waals surface area contributed by atoms with Gasteiger partial charge in [0, 0.05) is 24.9 Å². The van der Waals surface area contributed by atoms with Crippen molar-refractivity contribution in [1.29, 1.82) is 5.26 Å². The van der Waals surface area contributed by atoms with Crippen LogP contribution in [0.1, 0.15) is 12.5 Å². The first kappa shape index (κ1) is 23.3. The Bertz CT molecular complexity index is 1240. The van der Waals surface area contributed by atoms with E-state index in [9.17, 15) is 5.26 Å². The van der Waals surface area contributed by atoms with E-state index in [1.807, 2.05) is 6.07 Å². The predicted molar refractivity (Wildman–Crippen MR) is 121 cm³/mol. The summed E-state index contributed by atoms with van der Waals surface area (Å²) in [5, 5.41) is 13.5. The molecule has 0 radical (unpaired) electrons. The summed E-state index contributed by atoms with van der Waals surface area (Å²) in [5.41, 5.74) is 1.15. The molecule has 0 fully saturated rings. The Kier molecular flexibility index (Phi) is 6.97. The summed E-state index contributed by atoms with van der Waals surface area (Å²) in [5.74, 6) is -2.29. The van der Waals surface area contributed by atoms with Crippen molar-refractivity contribution in [3.05, 3.63) is 47.8 Å². The number of pyridine rings is 1. The number of aryl methyl sites for hydroxylation is 1. The lowest BCUT2D eigenvalue weighted by molar-refractivity contribution is 0.359. The summed E-state index contributed by atoms with van der Waals surface area (Å²) < 4.78 is 41.9. The van der Waals surface area contributed by atoms with Gasteiger partial charge in [0.25, 0.3) is 0 Å². The molecule has 9 nitrogen and oxygen atoms in total. The van der Waals surface area contributed by atoms with Gasteiger partial charge in [0.2, 0.25) is 0 Å². The van der Waals surface area contributed by atoms with E-state index in [-0.39, 0.29) is 23.1 Å². The number of benzene rings is 1. The van der Waals surface area contributed by atoms with E-state index < -0.39 is 23.9 Å². The van der Waals surface area contributed by atoms with E-state index in [0.717, 1.165) is 16.5 Å². The lowest BCUT2D eigenvalue weighted by Gasteiger charge is -2.24. The van der Waals surface area contributed by atoms with E-state index in [1.54, 1.807) is 37.1 Å². The molecule has 0 aliphatic heterocycles. The maximum atomic E-state index is 15.1. The van der Waals surface area contributed by atoms with Crippen LogP contribution in [0.2, 0.25) is 0 Å². The molecule has 11 heteroatoms. The molecule has 0 saturated heterocycles. The van der Waals surface area contributed by atoms with Crippen LogP contribution in [0, 0.1) is 23.0 Å². The first-order chi connectivity index (χ1) is 15.8. The lowest BCUT2D eigenvalue weighted by Crippen LogP contribution is -2.21. The van der Waals surface area contributed by atoms with Gasteiger partial charge in [-0.25, -0.2) is 18.8 Å². The quantitative estimate of drug-likeness (QED) is 0.373. The van der Waals surface area contributed by atoms with Crippen molar-refractivity contribution in [1.82, 2.24) is 14.8 Å². The van der Waals surface area contributed by atoms with Crippen LogP contribution < -0.4 is 14.4 Å². The standard InChI is InChI=1S/C22H21F2N7O2/c1-13(14-11-27-30(3)12-14)28-22-15(26-2)6-7-18(29-22)31(9-8-25)21-19(23)16(32-4)10-17(33-5)20(21)24/h6-7,10-12H,2,9H2,1,3-5H3. The Labute approximate surface area is 189 Å². The third kappa shape index (κ3) is 4.64. The highest BCUT2D eigenvalue weighted by molar-refractivity contribution is 6.00. The number of ether oxygens (including phenoxy) is 2. The van der Waals surface area contributed by atoms with Gasteiger partial charge in [-0.2, -0.15) is 10.4 Å². The summed E-state index contributed by atoms with van der Waals surface area (Å²) in [6.07, 6.45) is 3.41. The van der Waals surface area contributed by atoms with Gasteiger partial charge in [0.1, 0.15) is 23.7 Å². The summed E-state index contributed by atoms with van der Waals surface area (Å²) in [6.45, 7) is 4.87. The number of hydrogen-bond acceptors (Lipinski definition) is 8. The van der Waals surface area contributed by atoms with Crippen molar-refractivity contribution in [2.75, 3.05) is 25.7 Å². The summed E-state index contributed by atoms with van der Waals surface area (Å²) >= 11 is 0. The number of nitrogens with zero attached hydrogens (tertiary/aromatic N) is 7. The minimum Gasteiger partial charge on any atom is -0.493 e. The van der Waals surface area contributed by atoms with E-state index in [1.165, 1.54) is 20.3 Å². The Hall–Kier alpha value is -4.33. The average molecular weight is 453 g/mol. The summed E-state index contributed by atoms with van der Waals surface area (Å²) in [6, 6.07) is 5.99. The fourth-order valence-corrected chi connectivity index (χ4v) is 3.07. The third-order valence-electron chi connectivity index (χ3n) is 4.73. The van der Waals surface area contributed by atoms with Crippen LogP contribution in [-0.4, -0.2) is 48.0 Å². The molecular weight excluding hydrogens is 432 g/mol. The van der Waals surface area contributed by atoms with Crippen LogP contribution in [0.5, 0.6) is 11.5 Å². The van der Waals surface area contributed by atoms with Gasteiger partial charge in [-0.3, -0.25) is 9.67 Å². The SMILES string of the molecule is C=Nc1ccc(N(CC#N)c2c(F)c(OC)cc(OC)c2F)nc1N=C(C)c1cnn(C)c1. The van der Waals surface area contributed by atoms with Crippen molar-refractivity contribution >= 4 is 35.4 Å². The van der Waals surface area contributed by atoms with Crippen molar-refractivity contribution in [2.24, 2.45) is 17.0 Å². The van der Waals surface area contributed by atoms with Crippen molar-refractivity contribution in [2.45, 2.75) is 6.92 Å². The van der Waals surface area contributed by atoms with Crippen molar-refractivity contribution in [3.63, 3.8) is 0 Å². The van der Waals surface area contributed by atoms with Crippen molar-refractivity contribution < 1.29 is 18.3 Å². The van der Waals surface area contributed by atoms with Gasteiger partial charge in [-0.15, -0.1) is 0 Å². The first-order valence-electron chi connectivity index (χ1n) is 9.61. The van der Waals surface area contributed by atoms with Crippen LogP contribution in [0.25, 0.3) is 0 Å². The van der Waals surface area contributed by atoms with Gasteiger partial charge in [0.15, 0.2) is 29.0 Å². The van der Waals surface area contributed by atoms with E-state index in [0.29, 0.717) is 11.4 Å². The topological polar surface area (TPSA) is 101 Å². The zero-order chi connectivity index (χ0) is 24.1. The zero-order valence-corrected chi connectivity index (χ0v) is 18.5. The largest absolute Gasteiger partial charge is 0.493 e. The van der Waals surface area contributed by atoms with Gasteiger partial charge in [-0.05, 0) is 25.8 Å². The van der Waals surface area contributed by atoms with Crippen LogP contribution in [0.3, 0.4) is 0 Å². The van der Waals surface area contributed by atoms with Crippen LogP contribution in [-0.2, 0) is 7.05 Å². The maximum Gasteiger partial charge on any atom is 0.192 e. The van der Waals surface area contributed by atoms with E-state index in [4.69, 9.17) is 9.47 Å². The molecule has 0 saturated carbocycles. The number of hydrogen-bond donors (Lipinski definition) is 0. The normalized spacial score (nSPS) is 11.1. The van der Waals surface area contributed by atoms with Gasteiger partial charge < -0.3 is 14.4 Å². The third-order valence-corrected chi connectivity index (χ3v) is 4.73. The molecule has 2 heterocycles. The number of nitriles is 1. The lowest BCUT2D eigenvalue weighted by atomic mass is 10.2. The highest BCUT2D eigenvalue weighted by Gasteiger charge is 2.27. The number of halogens is 2. The van der Waals surface area contributed by atoms with Gasteiger partial charge in [0.05, 0.1) is 32.2 Å². The fourth-order valence-electron chi connectivity index (χ4n) is 3.07. The molecule has 0 spiro atoms. The molecule has 0 bridgehead atoms. The molecule has 1 aromatic carbocycles. The molecule has 0 aliphatic rings. The summed E-state index contributed by atoms with van der Waals surface area (Å²) in [7, 11) is 4.26. The monoisotopic (exact) mass is 453 g/mol. The Morgan fingerprint density at radius 1 is 1.24 bits per heavy atom. The second kappa shape index (κ2) is 9.86. The van der Waals surface area contributed by atoms with Crippen LogP contribution in [0.15, 0.2) is 40.6 Å². The molecule has 0 unspecified atom stereocenters. The average Bonchev–Trinajstić information content (AvgIpc) is 3.25. The number of aromatic nitrogens is 3. The fraction of sp³-hybridized carbons (Fsp3) is 0.227. The zero-order valence-electron chi connectivity index (χ0n) is 18.5. The van der Waals surface area contributed by atoms with Gasteiger partial charge >= 0.3 is 0 Å². The molecule has 0 N–H and O–H groups in total. The molecule has 2 aromatic heterocycles. The molecule has 3 aromatic rings. The minimum atomic E-state index is -1.00. The smallest absolute Gasteiger partial charge is 0.192 e. The Balaban J connectivity index is 2.19. The number of aliphatic imine (C=N–C) groups is 2. The number of anilines is 2. The Morgan fingerprint density at radius 2 is 1.91 bits per heavy atom. The first-order valence-corrected chi connectivity index (χ1v) is 9.61. The number of methoxy groups -OCH3 is 2.